The lowest BCUT2D eigenvalue weighted by Crippen LogP contribution is -2.20. The number of allylic oxidation sites excluding steroid dienone is 1. The van der Waals surface area contributed by atoms with Crippen LogP contribution >= 0.6 is 0 Å². The highest BCUT2D eigenvalue weighted by molar-refractivity contribution is 6.23. The Kier molecular flexibility index (Phi) is 4.93. The van der Waals surface area contributed by atoms with Gasteiger partial charge >= 0.3 is 6.18 Å². The standard InChI is InChI=1S/C27H17F3O3/c28-27(29,30)24(32)14-23(31)16-8-11-21(12-9-16)33-15-20-7-6-19-5-4-17-2-1-3-18-10-13-22(20)26(19)25(17)18/h1-14,31H,15H2/b23-14-. The Morgan fingerprint density at radius 1 is 0.818 bits per heavy atom. The number of carbonyl (C=O) groups is 1. The van der Waals surface area contributed by atoms with Crippen molar-refractivity contribution in [1.82, 2.24) is 0 Å². The van der Waals surface area contributed by atoms with Crippen molar-refractivity contribution >= 4 is 43.9 Å². The second-order valence-electron chi connectivity index (χ2n) is 7.79. The van der Waals surface area contributed by atoms with Crippen molar-refractivity contribution < 1.29 is 27.8 Å². The Hall–Kier alpha value is -4.06. The average molecular weight is 446 g/mol. The molecule has 0 aliphatic carbocycles. The molecule has 0 aromatic heterocycles. The normalized spacial score (nSPS) is 12.6. The first-order chi connectivity index (χ1) is 15.8. The molecule has 33 heavy (non-hydrogen) atoms. The van der Waals surface area contributed by atoms with E-state index in [-0.39, 0.29) is 11.6 Å². The number of rotatable bonds is 5. The van der Waals surface area contributed by atoms with Gasteiger partial charge in [0.05, 0.1) is 0 Å². The first-order valence-electron chi connectivity index (χ1n) is 10.2. The molecular formula is C27H17F3O3. The summed E-state index contributed by atoms with van der Waals surface area (Å²) in [4.78, 5) is 11.0. The largest absolute Gasteiger partial charge is 0.507 e. The van der Waals surface area contributed by atoms with Crippen LogP contribution in [0.15, 0.2) is 84.9 Å². The van der Waals surface area contributed by atoms with Crippen molar-refractivity contribution in [2.45, 2.75) is 12.8 Å². The summed E-state index contributed by atoms with van der Waals surface area (Å²) in [5, 5.41) is 16.8. The molecule has 0 heterocycles. The van der Waals surface area contributed by atoms with Gasteiger partial charge in [-0.05, 0) is 62.1 Å². The molecule has 0 aliphatic heterocycles. The van der Waals surface area contributed by atoms with E-state index in [0.29, 0.717) is 12.4 Å². The average Bonchev–Trinajstić information content (AvgIpc) is 2.81. The van der Waals surface area contributed by atoms with Crippen LogP contribution in [0.25, 0.3) is 38.1 Å². The van der Waals surface area contributed by atoms with Gasteiger partial charge in [0.15, 0.2) is 0 Å². The molecule has 0 aliphatic rings. The molecule has 0 amide bonds. The zero-order valence-corrected chi connectivity index (χ0v) is 17.2. The number of halogens is 3. The van der Waals surface area contributed by atoms with Crippen LogP contribution < -0.4 is 4.74 Å². The van der Waals surface area contributed by atoms with Gasteiger partial charge in [-0.25, -0.2) is 0 Å². The number of hydrogen-bond acceptors (Lipinski definition) is 3. The molecule has 0 saturated heterocycles. The molecule has 5 rings (SSSR count). The summed E-state index contributed by atoms with van der Waals surface area (Å²) < 4.78 is 43.0. The fourth-order valence-corrected chi connectivity index (χ4v) is 4.09. The summed E-state index contributed by atoms with van der Waals surface area (Å²) in [6, 6.07) is 24.6. The zero-order valence-electron chi connectivity index (χ0n) is 17.2. The van der Waals surface area contributed by atoms with E-state index in [1.807, 2.05) is 12.1 Å². The molecule has 3 nitrogen and oxygen atoms in total. The van der Waals surface area contributed by atoms with Crippen LogP contribution in [-0.4, -0.2) is 17.1 Å². The lowest BCUT2D eigenvalue weighted by Gasteiger charge is -2.14. The number of benzene rings is 5. The molecule has 164 valence electrons. The summed E-state index contributed by atoms with van der Waals surface area (Å²) in [5.41, 5.74) is 1.09. The Balaban J connectivity index is 1.40. The number of aliphatic hydroxyl groups excluding tert-OH is 1. The predicted molar refractivity (Wildman–Crippen MR) is 123 cm³/mol. The van der Waals surface area contributed by atoms with Crippen LogP contribution in [0.4, 0.5) is 13.2 Å². The van der Waals surface area contributed by atoms with Crippen molar-refractivity contribution in [3.63, 3.8) is 0 Å². The summed E-state index contributed by atoms with van der Waals surface area (Å²) in [6.07, 6.45) is -4.86. The molecule has 0 unspecified atom stereocenters. The van der Waals surface area contributed by atoms with Gasteiger partial charge in [-0.2, -0.15) is 13.2 Å². The van der Waals surface area contributed by atoms with E-state index >= 15 is 0 Å². The maximum Gasteiger partial charge on any atom is 0.454 e. The summed E-state index contributed by atoms with van der Waals surface area (Å²) in [5.74, 6) is -2.38. The van der Waals surface area contributed by atoms with E-state index in [1.54, 1.807) is 0 Å². The van der Waals surface area contributed by atoms with Gasteiger partial charge in [-0.3, -0.25) is 4.79 Å². The van der Waals surface area contributed by atoms with Crippen molar-refractivity contribution in [1.29, 1.82) is 0 Å². The van der Waals surface area contributed by atoms with E-state index in [4.69, 9.17) is 4.74 Å². The monoisotopic (exact) mass is 446 g/mol. The fraction of sp³-hybridized carbons (Fsp3) is 0.0741. The molecule has 0 spiro atoms. The topological polar surface area (TPSA) is 46.5 Å². The van der Waals surface area contributed by atoms with Crippen LogP contribution in [0.3, 0.4) is 0 Å². The third-order valence-electron chi connectivity index (χ3n) is 5.71. The highest BCUT2D eigenvalue weighted by Crippen LogP contribution is 2.36. The molecule has 0 fully saturated rings. The first-order valence-corrected chi connectivity index (χ1v) is 10.2. The third-order valence-corrected chi connectivity index (χ3v) is 5.71. The molecule has 6 heteroatoms. The minimum atomic E-state index is -5.03. The van der Waals surface area contributed by atoms with Gasteiger partial charge in [0.25, 0.3) is 5.78 Å². The highest BCUT2D eigenvalue weighted by Gasteiger charge is 2.37. The molecule has 1 N–H and O–H groups in total. The van der Waals surface area contributed by atoms with Gasteiger partial charge in [-0.1, -0.05) is 54.6 Å². The molecule has 5 aromatic rings. The SMILES string of the molecule is O=C(/C=C(\O)c1ccc(OCc2ccc3ccc4cccc5ccc2c3c45)cc1)C(F)(F)F. The Bertz CT molecular complexity index is 1500. The number of aliphatic hydroxyl groups is 1. The number of alkyl halides is 3. The number of carbonyl (C=O) groups excluding carboxylic acids is 1. The van der Waals surface area contributed by atoms with Crippen molar-refractivity contribution in [2.75, 3.05) is 0 Å². The number of ketones is 1. The van der Waals surface area contributed by atoms with E-state index in [2.05, 4.69) is 42.5 Å². The van der Waals surface area contributed by atoms with Crippen LogP contribution in [-0.2, 0) is 11.4 Å². The van der Waals surface area contributed by atoms with Gasteiger partial charge in [0.2, 0.25) is 0 Å². The van der Waals surface area contributed by atoms with Crippen LogP contribution in [0.2, 0.25) is 0 Å². The van der Waals surface area contributed by atoms with Crippen LogP contribution in [0, 0.1) is 0 Å². The van der Waals surface area contributed by atoms with Gasteiger partial charge < -0.3 is 9.84 Å². The van der Waals surface area contributed by atoms with Gasteiger partial charge in [0, 0.05) is 11.6 Å². The number of hydrogen-bond donors (Lipinski definition) is 1. The summed E-state index contributed by atoms with van der Waals surface area (Å²) in [7, 11) is 0. The number of ether oxygens (including phenoxy) is 1. The van der Waals surface area contributed by atoms with Crippen molar-refractivity contribution in [3.05, 3.63) is 96.1 Å². The lowest BCUT2D eigenvalue weighted by molar-refractivity contribution is -0.165. The lowest BCUT2D eigenvalue weighted by atomic mass is 9.92. The molecule has 0 atom stereocenters. The molecule has 0 radical (unpaired) electrons. The van der Waals surface area contributed by atoms with Gasteiger partial charge in [-0.15, -0.1) is 0 Å². The Labute approximate surface area is 186 Å². The minimum Gasteiger partial charge on any atom is -0.507 e. The fourth-order valence-electron chi connectivity index (χ4n) is 4.09. The van der Waals surface area contributed by atoms with E-state index < -0.39 is 17.7 Å². The summed E-state index contributed by atoms with van der Waals surface area (Å²) in [6.45, 7) is 0.294. The molecule has 0 saturated carbocycles. The molecule has 0 bridgehead atoms. The predicted octanol–water partition coefficient (Wildman–Crippen LogP) is 7.19. The molecular weight excluding hydrogens is 429 g/mol. The Morgan fingerprint density at radius 3 is 2.09 bits per heavy atom. The van der Waals surface area contributed by atoms with Crippen molar-refractivity contribution in [2.24, 2.45) is 0 Å². The Morgan fingerprint density at radius 2 is 1.42 bits per heavy atom. The van der Waals surface area contributed by atoms with E-state index in [1.165, 1.54) is 45.8 Å². The first kappa shape index (κ1) is 20.8. The van der Waals surface area contributed by atoms with Crippen molar-refractivity contribution in [3.8, 4) is 5.75 Å². The van der Waals surface area contributed by atoms with Crippen LogP contribution in [0.1, 0.15) is 11.1 Å². The highest BCUT2D eigenvalue weighted by atomic mass is 19.4. The van der Waals surface area contributed by atoms with Crippen LogP contribution in [0.5, 0.6) is 5.75 Å². The molecule has 5 aromatic carbocycles. The van der Waals surface area contributed by atoms with E-state index in [9.17, 15) is 23.1 Å². The maximum absolute atomic E-state index is 12.4. The second kappa shape index (κ2) is 7.81. The maximum atomic E-state index is 12.4. The third kappa shape index (κ3) is 3.84. The zero-order chi connectivity index (χ0) is 23.2. The van der Waals surface area contributed by atoms with E-state index in [0.717, 1.165) is 16.3 Å². The minimum absolute atomic E-state index is 0.0858. The smallest absolute Gasteiger partial charge is 0.454 e. The quantitative estimate of drug-likeness (QED) is 0.177. The van der Waals surface area contributed by atoms with Gasteiger partial charge in [0.1, 0.15) is 18.1 Å². The summed E-state index contributed by atoms with van der Waals surface area (Å²) >= 11 is 0. The second-order valence-corrected chi connectivity index (χ2v) is 7.79.